The average molecular weight is 251 g/mol. The Labute approximate surface area is 103 Å². The number of carbonyl (C=O) groups is 1. The molecule has 0 spiro atoms. The van der Waals surface area contributed by atoms with Gasteiger partial charge >= 0.3 is 0 Å². The van der Waals surface area contributed by atoms with Crippen molar-refractivity contribution in [3.8, 4) is 0 Å². The molecule has 2 aromatic rings. The van der Waals surface area contributed by atoms with Crippen LogP contribution in [0.25, 0.3) is 0 Å². The molecule has 2 heterocycles. The van der Waals surface area contributed by atoms with Gasteiger partial charge in [0.15, 0.2) is 0 Å². The molecule has 90 valence electrons. The number of nitrogens with zero attached hydrogens (tertiary/aromatic N) is 4. The Bertz CT molecular complexity index is 530. The molecule has 7 heteroatoms. The second-order valence-electron chi connectivity index (χ2n) is 3.90. The van der Waals surface area contributed by atoms with Crippen molar-refractivity contribution in [3.05, 3.63) is 22.8 Å². The number of rotatable bonds is 3. The molecule has 0 unspecified atom stereocenters. The van der Waals surface area contributed by atoms with E-state index in [-0.39, 0.29) is 11.9 Å². The minimum atomic E-state index is -0.195. The van der Waals surface area contributed by atoms with Crippen LogP contribution < -0.4 is 5.32 Å². The van der Waals surface area contributed by atoms with Crippen molar-refractivity contribution in [2.45, 2.75) is 26.8 Å². The van der Waals surface area contributed by atoms with Crippen LogP contribution in [-0.2, 0) is 0 Å². The second-order valence-corrected chi connectivity index (χ2v) is 4.65. The van der Waals surface area contributed by atoms with Gasteiger partial charge in [-0.15, -0.1) is 5.10 Å². The fourth-order valence-electron chi connectivity index (χ4n) is 1.44. The molecule has 1 amide bonds. The Balaban J connectivity index is 2.19. The minimum absolute atomic E-state index is 0.195. The minimum Gasteiger partial charge on any atom is -0.306 e. The van der Waals surface area contributed by atoms with Gasteiger partial charge in [-0.3, -0.25) is 4.79 Å². The van der Waals surface area contributed by atoms with E-state index in [2.05, 4.69) is 20.0 Å². The summed E-state index contributed by atoms with van der Waals surface area (Å²) in [7, 11) is 0. The van der Waals surface area contributed by atoms with E-state index in [4.69, 9.17) is 0 Å². The quantitative estimate of drug-likeness (QED) is 0.904. The number of anilines is 1. The maximum atomic E-state index is 11.9. The SMILES string of the molecule is Cc1nnsc1C(=O)Nc1ccnn1C(C)C. The lowest BCUT2D eigenvalue weighted by Crippen LogP contribution is -2.16. The summed E-state index contributed by atoms with van der Waals surface area (Å²) >= 11 is 1.09. The van der Waals surface area contributed by atoms with E-state index >= 15 is 0 Å². The third-order valence-electron chi connectivity index (χ3n) is 2.26. The molecule has 0 saturated carbocycles. The van der Waals surface area contributed by atoms with E-state index in [1.807, 2.05) is 13.8 Å². The molecule has 0 saturated heterocycles. The van der Waals surface area contributed by atoms with Gasteiger partial charge in [-0.25, -0.2) is 4.68 Å². The van der Waals surface area contributed by atoms with Gasteiger partial charge in [0, 0.05) is 12.1 Å². The van der Waals surface area contributed by atoms with E-state index in [0.29, 0.717) is 16.4 Å². The van der Waals surface area contributed by atoms with Gasteiger partial charge in [0.25, 0.3) is 5.91 Å². The predicted octanol–water partition coefficient (Wildman–Crippen LogP) is 1.88. The molecule has 0 fully saturated rings. The van der Waals surface area contributed by atoms with Crippen molar-refractivity contribution in [2.75, 3.05) is 5.32 Å². The predicted molar refractivity (Wildman–Crippen MR) is 65.2 cm³/mol. The number of aromatic nitrogens is 4. The largest absolute Gasteiger partial charge is 0.306 e. The molecular formula is C10H13N5OS. The zero-order valence-electron chi connectivity index (χ0n) is 9.84. The van der Waals surface area contributed by atoms with Crippen LogP contribution in [0.3, 0.4) is 0 Å². The maximum absolute atomic E-state index is 11.9. The van der Waals surface area contributed by atoms with Crippen LogP contribution in [-0.4, -0.2) is 25.3 Å². The van der Waals surface area contributed by atoms with Crippen LogP contribution in [0.15, 0.2) is 12.3 Å². The third-order valence-corrected chi connectivity index (χ3v) is 3.09. The summed E-state index contributed by atoms with van der Waals surface area (Å²) in [5, 5.41) is 10.8. The third kappa shape index (κ3) is 2.33. The average Bonchev–Trinajstić information content (AvgIpc) is 2.86. The molecule has 0 atom stereocenters. The molecule has 2 aromatic heterocycles. The summed E-state index contributed by atoms with van der Waals surface area (Å²) in [6, 6.07) is 1.96. The van der Waals surface area contributed by atoms with Crippen LogP contribution in [0.4, 0.5) is 5.82 Å². The van der Waals surface area contributed by atoms with Gasteiger partial charge in [0.05, 0.1) is 11.9 Å². The molecule has 0 radical (unpaired) electrons. The highest BCUT2D eigenvalue weighted by molar-refractivity contribution is 7.08. The van der Waals surface area contributed by atoms with Crippen LogP contribution >= 0.6 is 11.5 Å². The number of amides is 1. The van der Waals surface area contributed by atoms with Gasteiger partial charge in [0.2, 0.25) is 0 Å². The Morgan fingerprint density at radius 2 is 2.29 bits per heavy atom. The van der Waals surface area contributed by atoms with Crippen molar-refractivity contribution < 1.29 is 4.79 Å². The van der Waals surface area contributed by atoms with Crippen molar-refractivity contribution in [1.82, 2.24) is 19.4 Å². The standard InChI is InChI=1S/C10H13N5OS/c1-6(2)15-8(4-5-11-15)12-10(16)9-7(3)13-14-17-9/h4-6H,1-3H3,(H,12,16). The lowest BCUT2D eigenvalue weighted by Gasteiger charge is -2.11. The Morgan fingerprint density at radius 1 is 1.53 bits per heavy atom. The van der Waals surface area contributed by atoms with Crippen LogP contribution in [0.1, 0.15) is 35.3 Å². The molecular weight excluding hydrogens is 238 g/mol. The summed E-state index contributed by atoms with van der Waals surface area (Å²) in [5.41, 5.74) is 0.642. The molecule has 0 aliphatic carbocycles. The number of carbonyl (C=O) groups excluding carboxylic acids is 1. The van der Waals surface area contributed by atoms with Crippen molar-refractivity contribution in [1.29, 1.82) is 0 Å². The fourth-order valence-corrected chi connectivity index (χ4v) is 1.99. The van der Waals surface area contributed by atoms with E-state index < -0.39 is 0 Å². The lowest BCUT2D eigenvalue weighted by atomic mass is 10.3. The maximum Gasteiger partial charge on any atom is 0.270 e. The molecule has 0 aliphatic heterocycles. The van der Waals surface area contributed by atoms with Gasteiger partial charge in [-0.2, -0.15) is 5.10 Å². The van der Waals surface area contributed by atoms with E-state index in [0.717, 1.165) is 11.5 Å². The van der Waals surface area contributed by atoms with Crippen LogP contribution in [0.5, 0.6) is 0 Å². The van der Waals surface area contributed by atoms with Gasteiger partial charge < -0.3 is 5.32 Å². The smallest absolute Gasteiger partial charge is 0.270 e. The van der Waals surface area contributed by atoms with Gasteiger partial charge in [-0.05, 0) is 32.3 Å². The molecule has 0 bridgehead atoms. The molecule has 17 heavy (non-hydrogen) atoms. The number of nitrogens with one attached hydrogen (secondary N) is 1. The van der Waals surface area contributed by atoms with Crippen LogP contribution in [0.2, 0.25) is 0 Å². The van der Waals surface area contributed by atoms with Gasteiger partial charge in [-0.1, -0.05) is 4.49 Å². The molecule has 0 aromatic carbocycles. The normalized spacial score (nSPS) is 10.8. The topological polar surface area (TPSA) is 72.7 Å². The molecule has 0 aliphatic rings. The lowest BCUT2D eigenvalue weighted by molar-refractivity contribution is 0.102. The zero-order chi connectivity index (χ0) is 12.4. The Morgan fingerprint density at radius 3 is 2.88 bits per heavy atom. The highest BCUT2D eigenvalue weighted by atomic mass is 32.1. The molecule has 1 N–H and O–H groups in total. The number of hydrogen-bond acceptors (Lipinski definition) is 5. The highest BCUT2D eigenvalue weighted by Gasteiger charge is 2.15. The summed E-state index contributed by atoms with van der Waals surface area (Å²) in [4.78, 5) is 12.5. The first-order valence-electron chi connectivity index (χ1n) is 5.23. The first-order valence-corrected chi connectivity index (χ1v) is 6.00. The van der Waals surface area contributed by atoms with Gasteiger partial charge in [0.1, 0.15) is 10.7 Å². The summed E-state index contributed by atoms with van der Waals surface area (Å²) < 4.78 is 5.49. The summed E-state index contributed by atoms with van der Waals surface area (Å²) in [6.07, 6.45) is 1.66. The van der Waals surface area contributed by atoms with E-state index in [1.165, 1.54) is 0 Å². The summed E-state index contributed by atoms with van der Waals surface area (Å²) in [5.74, 6) is 0.484. The van der Waals surface area contributed by atoms with Crippen molar-refractivity contribution in [3.63, 3.8) is 0 Å². The number of aryl methyl sites for hydroxylation is 1. The van der Waals surface area contributed by atoms with Crippen molar-refractivity contribution in [2.24, 2.45) is 0 Å². The molecule has 6 nitrogen and oxygen atoms in total. The first kappa shape index (κ1) is 11.7. The first-order chi connectivity index (χ1) is 8.09. The monoisotopic (exact) mass is 251 g/mol. The highest BCUT2D eigenvalue weighted by Crippen LogP contribution is 2.16. The molecule has 2 rings (SSSR count). The second kappa shape index (κ2) is 4.62. The Kier molecular flexibility index (Phi) is 3.19. The fraction of sp³-hybridized carbons (Fsp3) is 0.400. The Hall–Kier alpha value is -1.76. The van der Waals surface area contributed by atoms with E-state index in [9.17, 15) is 4.79 Å². The van der Waals surface area contributed by atoms with Crippen molar-refractivity contribution >= 4 is 23.3 Å². The number of hydrogen-bond donors (Lipinski definition) is 1. The van der Waals surface area contributed by atoms with E-state index in [1.54, 1.807) is 23.9 Å². The van der Waals surface area contributed by atoms with Crippen LogP contribution in [0, 0.1) is 6.92 Å². The zero-order valence-corrected chi connectivity index (χ0v) is 10.7. The summed E-state index contributed by atoms with van der Waals surface area (Å²) in [6.45, 7) is 5.77.